The topological polar surface area (TPSA) is 46.3 Å². The summed E-state index contributed by atoms with van der Waals surface area (Å²) in [5, 5.41) is 5.25. The Morgan fingerprint density at radius 3 is 2.30 bits per heavy atom. The molecule has 2 aromatic carbocycles. The number of aryl methyl sites for hydroxylation is 1. The van der Waals surface area contributed by atoms with Crippen LogP contribution in [0.1, 0.15) is 10.5 Å². The quantitative estimate of drug-likeness (QED) is 0.443. The molecule has 0 unspecified atom stereocenters. The van der Waals surface area contributed by atoms with E-state index in [0.717, 1.165) is 5.69 Å². The van der Waals surface area contributed by atoms with E-state index < -0.39 is 0 Å². The van der Waals surface area contributed by atoms with Crippen molar-refractivity contribution in [2.24, 2.45) is 7.05 Å². The summed E-state index contributed by atoms with van der Waals surface area (Å²) >= 11 is 6.46. The van der Waals surface area contributed by atoms with Crippen molar-refractivity contribution in [1.29, 1.82) is 0 Å². The number of nitrogens with zero attached hydrogens (tertiary/aromatic N) is 5. The van der Waals surface area contributed by atoms with E-state index in [-0.39, 0.29) is 11.7 Å². The second-order valence-corrected chi connectivity index (χ2v) is 8.42. The van der Waals surface area contributed by atoms with Crippen molar-refractivity contribution in [1.82, 2.24) is 19.2 Å². The molecule has 1 aliphatic rings. The second-order valence-electron chi connectivity index (χ2n) is 8.01. The van der Waals surface area contributed by atoms with Crippen molar-refractivity contribution in [2.45, 2.75) is 0 Å². The van der Waals surface area contributed by atoms with Gasteiger partial charge in [0.15, 0.2) is 0 Å². The van der Waals surface area contributed by atoms with Crippen molar-refractivity contribution in [3.63, 3.8) is 0 Å². The molecule has 0 aliphatic carbocycles. The van der Waals surface area contributed by atoms with Gasteiger partial charge in [0.2, 0.25) is 0 Å². The monoisotopic (exact) mass is 463 g/mol. The van der Waals surface area contributed by atoms with Crippen LogP contribution >= 0.6 is 11.6 Å². The minimum atomic E-state index is -0.249. The predicted octanol–water partition coefficient (Wildman–Crippen LogP) is 4.63. The maximum atomic E-state index is 14.2. The summed E-state index contributed by atoms with van der Waals surface area (Å²) in [6, 6.07) is 19.8. The number of anilines is 1. The van der Waals surface area contributed by atoms with Gasteiger partial charge < -0.3 is 14.4 Å². The lowest BCUT2D eigenvalue weighted by atomic mass is 10.2. The summed E-state index contributed by atoms with van der Waals surface area (Å²) in [4.78, 5) is 17.4. The fraction of sp³-hybridized carbons (Fsp3) is 0.200. The fourth-order valence-electron chi connectivity index (χ4n) is 4.21. The molecule has 6 nitrogen and oxygen atoms in total. The zero-order valence-electron chi connectivity index (χ0n) is 18.2. The average Bonchev–Trinajstić information content (AvgIpc) is 3.45. The Kier molecular flexibility index (Phi) is 5.64. The fourth-order valence-corrected chi connectivity index (χ4v) is 4.43. The summed E-state index contributed by atoms with van der Waals surface area (Å²) in [6.45, 7) is 2.08. The molecule has 4 aromatic rings. The van der Waals surface area contributed by atoms with Crippen molar-refractivity contribution in [3.05, 3.63) is 89.5 Å². The van der Waals surface area contributed by atoms with E-state index in [1.807, 2.05) is 65.2 Å². The number of aromatic nitrogens is 3. The largest absolute Gasteiger partial charge is 0.366 e. The lowest BCUT2D eigenvalue weighted by molar-refractivity contribution is 0.0737. The minimum Gasteiger partial charge on any atom is -0.366 e. The molecule has 0 atom stereocenters. The van der Waals surface area contributed by atoms with E-state index in [2.05, 4.69) is 0 Å². The lowest BCUT2D eigenvalue weighted by Gasteiger charge is -2.36. The summed E-state index contributed by atoms with van der Waals surface area (Å²) in [5.41, 5.74) is 3.25. The van der Waals surface area contributed by atoms with Gasteiger partial charge in [-0.15, -0.1) is 0 Å². The summed E-state index contributed by atoms with van der Waals surface area (Å²) in [7, 11) is 1.94. The number of hydrogen-bond acceptors (Lipinski definition) is 3. The molecule has 5 rings (SSSR count). The van der Waals surface area contributed by atoms with Gasteiger partial charge >= 0.3 is 0 Å². The van der Waals surface area contributed by atoms with Crippen LogP contribution < -0.4 is 4.90 Å². The molecule has 0 bridgehead atoms. The van der Waals surface area contributed by atoms with Gasteiger partial charge in [-0.05, 0) is 42.5 Å². The highest BCUT2D eigenvalue weighted by Gasteiger charge is 2.27. The Balaban J connectivity index is 1.45. The lowest BCUT2D eigenvalue weighted by Crippen LogP contribution is -2.49. The number of para-hydroxylation sites is 2. The molecule has 1 saturated heterocycles. The van der Waals surface area contributed by atoms with Crippen LogP contribution in [0.2, 0.25) is 5.02 Å². The first-order valence-electron chi connectivity index (χ1n) is 10.8. The van der Waals surface area contributed by atoms with Crippen molar-refractivity contribution >= 4 is 23.2 Å². The van der Waals surface area contributed by atoms with Crippen LogP contribution in [0.25, 0.3) is 17.1 Å². The molecule has 2 aromatic heterocycles. The standard InChI is InChI=1S/C25H23ClFN5O/c1-29-12-6-11-23(29)20-17-24(32(28-20)21-9-4-2-7-18(21)26)25(33)31-15-13-30(14-16-31)22-10-5-3-8-19(22)27/h2-12,17H,13-16H2,1H3. The van der Waals surface area contributed by atoms with E-state index in [9.17, 15) is 9.18 Å². The molecule has 1 fully saturated rings. The average molecular weight is 464 g/mol. The van der Waals surface area contributed by atoms with Crippen LogP contribution in [0.4, 0.5) is 10.1 Å². The van der Waals surface area contributed by atoms with E-state index in [1.165, 1.54) is 6.07 Å². The Morgan fingerprint density at radius 2 is 1.64 bits per heavy atom. The molecule has 0 saturated carbocycles. The number of hydrogen-bond donors (Lipinski definition) is 0. The van der Waals surface area contributed by atoms with E-state index in [0.29, 0.717) is 54.0 Å². The number of carbonyl (C=O) groups is 1. The SMILES string of the molecule is Cn1cccc1-c1cc(C(=O)N2CCN(c3ccccc3F)CC2)n(-c2ccccc2Cl)n1. The highest BCUT2D eigenvalue weighted by atomic mass is 35.5. The van der Waals surface area contributed by atoms with Crippen LogP contribution in [0.5, 0.6) is 0 Å². The molecule has 0 N–H and O–H groups in total. The maximum absolute atomic E-state index is 14.2. The van der Waals surface area contributed by atoms with E-state index in [4.69, 9.17) is 16.7 Å². The first kappa shape index (κ1) is 21.3. The van der Waals surface area contributed by atoms with Gasteiger partial charge in [0.05, 0.1) is 22.1 Å². The second kappa shape index (κ2) is 8.75. The molecule has 0 radical (unpaired) electrons. The third-order valence-corrected chi connectivity index (χ3v) is 6.29. The third kappa shape index (κ3) is 4.00. The van der Waals surface area contributed by atoms with Crippen LogP contribution in [0.15, 0.2) is 72.9 Å². The van der Waals surface area contributed by atoms with Gasteiger partial charge in [-0.3, -0.25) is 4.79 Å². The van der Waals surface area contributed by atoms with Gasteiger partial charge in [0.1, 0.15) is 17.2 Å². The van der Waals surface area contributed by atoms with Crippen molar-refractivity contribution in [3.8, 4) is 17.1 Å². The number of piperazine rings is 1. The van der Waals surface area contributed by atoms with Gasteiger partial charge in [-0.2, -0.15) is 5.10 Å². The highest BCUT2D eigenvalue weighted by Crippen LogP contribution is 2.27. The van der Waals surface area contributed by atoms with Gasteiger partial charge in [-0.1, -0.05) is 35.9 Å². The van der Waals surface area contributed by atoms with Crippen LogP contribution in [-0.2, 0) is 7.05 Å². The summed E-state index contributed by atoms with van der Waals surface area (Å²) in [6.07, 6.45) is 1.94. The van der Waals surface area contributed by atoms with Gasteiger partial charge in [0, 0.05) is 39.4 Å². The molecule has 33 heavy (non-hydrogen) atoms. The zero-order chi connectivity index (χ0) is 22.9. The van der Waals surface area contributed by atoms with E-state index >= 15 is 0 Å². The number of amides is 1. The molecular formula is C25H23ClFN5O. The minimum absolute atomic E-state index is 0.129. The number of halogens is 2. The number of benzene rings is 2. The Morgan fingerprint density at radius 1 is 0.939 bits per heavy atom. The Hall–Kier alpha value is -3.58. The molecule has 8 heteroatoms. The van der Waals surface area contributed by atoms with Crippen LogP contribution in [-0.4, -0.2) is 51.3 Å². The molecule has 1 amide bonds. The van der Waals surface area contributed by atoms with Gasteiger partial charge in [-0.25, -0.2) is 9.07 Å². The Labute approximate surface area is 196 Å². The van der Waals surface area contributed by atoms with Crippen LogP contribution in [0.3, 0.4) is 0 Å². The first-order chi connectivity index (χ1) is 16.0. The van der Waals surface area contributed by atoms with E-state index in [1.54, 1.807) is 27.8 Å². The summed E-state index contributed by atoms with van der Waals surface area (Å²) in [5.74, 6) is -0.377. The third-order valence-electron chi connectivity index (χ3n) is 5.98. The Bertz CT molecular complexity index is 1310. The predicted molar refractivity (Wildman–Crippen MR) is 127 cm³/mol. The molecule has 168 valence electrons. The molecular weight excluding hydrogens is 441 g/mol. The molecule has 1 aliphatic heterocycles. The smallest absolute Gasteiger partial charge is 0.272 e. The van der Waals surface area contributed by atoms with Crippen molar-refractivity contribution in [2.75, 3.05) is 31.1 Å². The zero-order valence-corrected chi connectivity index (χ0v) is 18.9. The summed E-state index contributed by atoms with van der Waals surface area (Å²) < 4.78 is 17.8. The normalized spacial score (nSPS) is 14.0. The van der Waals surface area contributed by atoms with Crippen molar-refractivity contribution < 1.29 is 9.18 Å². The number of carbonyl (C=O) groups excluding carboxylic acids is 1. The van der Waals surface area contributed by atoms with Crippen LogP contribution in [0, 0.1) is 5.82 Å². The molecule has 0 spiro atoms. The first-order valence-corrected chi connectivity index (χ1v) is 11.2. The van der Waals surface area contributed by atoms with Gasteiger partial charge in [0.25, 0.3) is 5.91 Å². The maximum Gasteiger partial charge on any atom is 0.272 e. The highest BCUT2D eigenvalue weighted by molar-refractivity contribution is 6.32. The molecule has 3 heterocycles. The number of rotatable bonds is 4.